The molecular formula is C34H32N2. The van der Waals surface area contributed by atoms with Crippen LogP contribution in [0.2, 0.25) is 0 Å². The molecule has 0 N–H and O–H groups in total. The van der Waals surface area contributed by atoms with Gasteiger partial charge in [-0.1, -0.05) is 97.9 Å². The minimum absolute atomic E-state index is 0.541. The van der Waals surface area contributed by atoms with E-state index in [0.717, 1.165) is 6.42 Å². The SMILES string of the molecule is CCC(C)n1c2ccccc2c2ccccc21.c1ccc(N(c2ccccc2)c2ccccc2)cc1. The normalized spacial score (nSPS) is 11.6. The van der Waals surface area contributed by atoms with Crippen molar-refractivity contribution < 1.29 is 0 Å². The summed E-state index contributed by atoms with van der Waals surface area (Å²) in [6.07, 6.45) is 1.16. The first-order valence-electron chi connectivity index (χ1n) is 12.7. The number of nitrogens with zero attached hydrogens (tertiary/aromatic N) is 2. The van der Waals surface area contributed by atoms with Gasteiger partial charge in [0, 0.05) is 44.9 Å². The van der Waals surface area contributed by atoms with Gasteiger partial charge in [0.1, 0.15) is 0 Å². The topological polar surface area (TPSA) is 8.17 Å². The Labute approximate surface area is 214 Å². The van der Waals surface area contributed by atoms with E-state index in [1.807, 2.05) is 18.2 Å². The largest absolute Gasteiger partial charge is 0.338 e. The van der Waals surface area contributed by atoms with E-state index < -0.39 is 0 Å². The van der Waals surface area contributed by atoms with E-state index in [4.69, 9.17) is 0 Å². The summed E-state index contributed by atoms with van der Waals surface area (Å²) in [6, 6.07) is 49.2. The predicted molar refractivity (Wildman–Crippen MR) is 156 cm³/mol. The second-order valence-electron chi connectivity index (χ2n) is 9.00. The van der Waals surface area contributed by atoms with Crippen molar-refractivity contribution in [1.82, 2.24) is 4.57 Å². The van der Waals surface area contributed by atoms with Crippen LogP contribution in [-0.2, 0) is 0 Å². The van der Waals surface area contributed by atoms with Crippen LogP contribution in [0.25, 0.3) is 21.8 Å². The Balaban J connectivity index is 0.000000149. The molecule has 0 bridgehead atoms. The number of hydrogen-bond acceptors (Lipinski definition) is 1. The minimum atomic E-state index is 0.541. The molecule has 0 fully saturated rings. The quantitative estimate of drug-likeness (QED) is 0.244. The van der Waals surface area contributed by atoms with Crippen molar-refractivity contribution in [3.63, 3.8) is 0 Å². The molecule has 6 rings (SSSR count). The molecule has 36 heavy (non-hydrogen) atoms. The van der Waals surface area contributed by atoms with Crippen LogP contribution in [-0.4, -0.2) is 4.57 Å². The van der Waals surface area contributed by atoms with Crippen LogP contribution in [0.15, 0.2) is 140 Å². The summed E-state index contributed by atoms with van der Waals surface area (Å²) in [7, 11) is 0. The van der Waals surface area contributed by atoms with Crippen LogP contribution in [0.3, 0.4) is 0 Å². The highest BCUT2D eigenvalue weighted by atomic mass is 15.1. The molecule has 2 nitrogen and oxygen atoms in total. The third kappa shape index (κ3) is 4.76. The third-order valence-corrected chi connectivity index (χ3v) is 6.69. The van der Waals surface area contributed by atoms with Gasteiger partial charge in [0.2, 0.25) is 0 Å². The van der Waals surface area contributed by atoms with E-state index in [1.165, 1.54) is 38.9 Å². The van der Waals surface area contributed by atoms with Crippen LogP contribution in [0.5, 0.6) is 0 Å². The first-order valence-corrected chi connectivity index (χ1v) is 12.7. The first-order chi connectivity index (χ1) is 17.8. The molecule has 5 aromatic carbocycles. The molecule has 0 radical (unpaired) electrons. The van der Waals surface area contributed by atoms with Crippen LogP contribution in [0, 0.1) is 0 Å². The van der Waals surface area contributed by atoms with Crippen LogP contribution in [0.4, 0.5) is 17.1 Å². The highest BCUT2D eigenvalue weighted by Gasteiger charge is 2.13. The lowest BCUT2D eigenvalue weighted by Gasteiger charge is -2.25. The zero-order valence-corrected chi connectivity index (χ0v) is 21.0. The Morgan fingerprint density at radius 3 is 1.19 bits per heavy atom. The average Bonchev–Trinajstić information content (AvgIpc) is 3.29. The zero-order valence-electron chi connectivity index (χ0n) is 21.0. The smallest absolute Gasteiger partial charge is 0.0493 e. The van der Waals surface area contributed by atoms with Crippen molar-refractivity contribution in [1.29, 1.82) is 0 Å². The lowest BCUT2D eigenvalue weighted by molar-refractivity contribution is 0.563. The summed E-state index contributed by atoms with van der Waals surface area (Å²) in [5.41, 5.74) is 6.20. The molecule has 0 saturated heterocycles. The average molecular weight is 469 g/mol. The van der Waals surface area contributed by atoms with Crippen molar-refractivity contribution >= 4 is 38.9 Å². The lowest BCUT2D eigenvalue weighted by Crippen LogP contribution is -2.09. The van der Waals surface area contributed by atoms with E-state index >= 15 is 0 Å². The second kappa shape index (κ2) is 11.0. The van der Waals surface area contributed by atoms with Gasteiger partial charge in [-0.2, -0.15) is 0 Å². The van der Waals surface area contributed by atoms with Crippen molar-refractivity contribution in [2.45, 2.75) is 26.3 Å². The monoisotopic (exact) mass is 468 g/mol. The molecule has 0 amide bonds. The zero-order chi connectivity index (χ0) is 24.7. The van der Waals surface area contributed by atoms with Gasteiger partial charge in [0.25, 0.3) is 0 Å². The van der Waals surface area contributed by atoms with Gasteiger partial charge in [0.05, 0.1) is 0 Å². The van der Waals surface area contributed by atoms with Crippen LogP contribution >= 0.6 is 0 Å². The summed E-state index contributed by atoms with van der Waals surface area (Å²) in [5.74, 6) is 0. The maximum absolute atomic E-state index is 2.46. The number of fused-ring (bicyclic) bond motifs is 3. The number of aromatic nitrogens is 1. The highest BCUT2D eigenvalue weighted by molar-refractivity contribution is 6.08. The van der Waals surface area contributed by atoms with Crippen molar-refractivity contribution in [3.05, 3.63) is 140 Å². The Morgan fingerprint density at radius 1 is 0.500 bits per heavy atom. The number of benzene rings is 5. The molecule has 0 aliphatic rings. The second-order valence-corrected chi connectivity index (χ2v) is 9.00. The first kappa shape index (κ1) is 23.4. The van der Waals surface area contributed by atoms with Crippen molar-refractivity contribution in [2.75, 3.05) is 4.90 Å². The van der Waals surface area contributed by atoms with Gasteiger partial charge in [-0.3, -0.25) is 0 Å². The molecule has 178 valence electrons. The fourth-order valence-corrected chi connectivity index (χ4v) is 4.79. The van der Waals surface area contributed by atoms with E-state index in [1.54, 1.807) is 0 Å². The van der Waals surface area contributed by atoms with Gasteiger partial charge < -0.3 is 9.47 Å². The minimum Gasteiger partial charge on any atom is -0.338 e. The van der Waals surface area contributed by atoms with Gasteiger partial charge in [-0.25, -0.2) is 0 Å². The maximum Gasteiger partial charge on any atom is 0.0493 e. The lowest BCUT2D eigenvalue weighted by atomic mass is 10.2. The number of para-hydroxylation sites is 5. The molecule has 0 aliphatic carbocycles. The standard InChI is InChI=1S/C18H15N.C16H17N/c1-4-10-16(11-5-1)19(17-12-6-2-7-13-17)18-14-8-3-9-15-18;1-3-12(2)17-15-10-6-4-8-13(15)14-9-5-7-11-16(14)17/h1-15H;4-12H,3H2,1-2H3. The molecule has 0 saturated carbocycles. The van der Waals surface area contributed by atoms with Gasteiger partial charge in [-0.05, 0) is 61.9 Å². The Hall–Kier alpha value is -4.30. The summed E-state index contributed by atoms with van der Waals surface area (Å²) in [5, 5.41) is 2.73. The van der Waals surface area contributed by atoms with Crippen LogP contribution < -0.4 is 4.90 Å². The Morgan fingerprint density at radius 2 is 0.833 bits per heavy atom. The molecule has 1 heterocycles. The maximum atomic E-state index is 2.46. The van der Waals surface area contributed by atoms with E-state index in [0.29, 0.717) is 6.04 Å². The molecule has 0 spiro atoms. The van der Waals surface area contributed by atoms with Crippen LogP contribution in [0.1, 0.15) is 26.3 Å². The van der Waals surface area contributed by atoms with Crippen molar-refractivity contribution in [3.8, 4) is 0 Å². The molecule has 6 aromatic rings. The van der Waals surface area contributed by atoms with E-state index in [-0.39, 0.29) is 0 Å². The Kier molecular flexibility index (Phi) is 7.14. The summed E-state index contributed by atoms with van der Waals surface area (Å²) >= 11 is 0. The Bertz CT molecular complexity index is 1370. The summed E-state index contributed by atoms with van der Waals surface area (Å²) < 4.78 is 2.46. The van der Waals surface area contributed by atoms with Crippen molar-refractivity contribution in [2.24, 2.45) is 0 Å². The van der Waals surface area contributed by atoms with Gasteiger partial charge in [0.15, 0.2) is 0 Å². The molecule has 1 unspecified atom stereocenters. The van der Waals surface area contributed by atoms with E-state index in [2.05, 4.69) is 145 Å². The van der Waals surface area contributed by atoms with Gasteiger partial charge in [-0.15, -0.1) is 0 Å². The summed E-state index contributed by atoms with van der Waals surface area (Å²) in [6.45, 7) is 4.53. The molecule has 1 aromatic heterocycles. The van der Waals surface area contributed by atoms with Gasteiger partial charge >= 0.3 is 0 Å². The number of hydrogen-bond donors (Lipinski definition) is 0. The number of rotatable bonds is 5. The third-order valence-electron chi connectivity index (χ3n) is 6.69. The fraction of sp³-hybridized carbons (Fsp3) is 0.118. The van der Waals surface area contributed by atoms with E-state index in [9.17, 15) is 0 Å². The fourth-order valence-electron chi connectivity index (χ4n) is 4.79. The summed E-state index contributed by atoms with van der Waals surface area (Å²) in [4.78, 5) is 2.25. The highest BCUT2D eigenvalue weighted by Crippen LogP contribution is 2.34. The molecule has 0 aliphatic heterocycles. The molecule has 1 atom stereocenters. The number of anilines is 3. The molecule has 2 heteroatoms. The molecular weight excluding hydrogens is 436 g/mol. The predicted octanol–water partition coefficient (Wildman–Crippen LogP) is 9.92.